The predicted octanol–water partition coefficient (Wildman–Crippen LogP) is 3.14. The van der Waals surface area contributed by atoms with Crippen LogP contribution in [-0.4, -0.2) is 35.3 Å². The predicted molar refractivity (Wildman–Crippen MR) is 118 cm³/mol. The smallest absolute Gasteiger partial charge is 0.176 e. The lowest BCUT2D eigenvalue weighted by Gasteiger charge is -2.33. The highest BCUT2D eigenvalue weighted by atomic mass is 35.5. The van der Waals surface area contributed by atoms with E-state index in [-0.39, 0.29) is 24.1 Å². The molecule has 6 heteroatoms. The third kappa shape index (κ3) is 4.97. The van der Waals surface area contributed by atoms with Gasteiger partial charge in [0.25, 0.3) is 0 Å². The number of nitrogens with zero attached hydrogens (tertiary/aromatic N) is 2. The molecule has 2 aromatic heterocycles. The fourth-order valence-corrected chi connectivity index (χ4v) is 4.89. The molecule has 1 unspecified atom stereocenters. The minimum atomic E-state index is 0. The number of hydrogen-bond acceptors (Lipinski definition) is 1. The van der Waals surface area contributed by atoms with Crippen molar-refractivity contribution in [3.8, 4) is 0 Å². The van der Waals surface area contributed by atoms with Gasteiger partial charge in [-0.05, 0) is 42.3 Å². The summed E-state index contributed by atoms with van der Waals surface area (Å²) in [5, 5.41) is 1.36. The number of rotatable bonds is 6. The highest BCUT2D eigenvalue weighted by Crippen LogP contribution is 2.32. The number of carbonyl (C=O) groups is 1. The van der Waals surface area contributed by atoms with E-state index in [1.165, 1.54) is 5.56 Å². The molecular formula is C23H27Cl3N2O. The highest BCUT2D eigenvalue weighted by molar-refractivity contribution is 6.35. The third-order valence-corrected chi connectivity index (χ3v) is 5.93. The third-order valence-electron chi connectivity index (χ3n) is 5.34. The van der Waals surface area contributed by atoms with Gasteiger partial charge in [-0.1, -0.05) is 42.3 Å². The number of hydrogen-bond donors (Lipinski definition) is 0. The van der Waals surface area contributed by atoms with Crippen molar-refractivity contribution in [1.29, 1.82) is 0 Å². The Labute approximate surface area is 189 Å². The Kier molecular flexibility index (Phi) is 7.45. The van der Waals surface area contributed by atoms with Gasteiger partial charge in [0, 0.05) is 35.1 Å². The van der Waals surface area contributed by atoms with Gasteiger partial charge in [0.05, 0.1) is 31.4 Å². The van der Waals surface area contributed by atoms with E-state index in [4.69, 9.17) is 23.2 Å². The summed E-state index contributed by atoms with van der Waals surface area (Å²) in [5.74, 6) is 0.380. The summed E-state index contributed by atoms with van der Waals surface area (Å²) in [6, 6.07) is 11.8. The first-order valence-corrected chi connectivity index (χ1v) is 10.2. The zero-order valence-electron chi connectivity index (χ0n) is 17.5. The molecule has 29 heavy (non-hydrogen) atoms. The van der Waals surface area contributed by atoms with Crippen LogP contribution < -0.4 is 12.4 Å². The second kappa shape index (κ2) is 9.09. The van der Waals surface area contributed by atoms with E-state index in [1.54, 1.807) is 13.0 Å². The van der Waals surface area contributed by atoms with Crippen molar-refractivity contribution in [1.82, 2.24) is 4.40 Å². The largest absolute Gasteiger partial charge is 1.00 e. The van der Waals surface area contributed by atoms with E-state index in [0.717, 1.165) is 39.9 Å². The molecule has 3 aromatic rings. The Morgan fingerprint density at radius 3 is 2.48 bits per heavy atom. The zero-order valence-corrected chi connectivity index (χ0v) is 19.7. The number of Topliss-reactive ketones (excluding diaryl/α,β-unsaturated/α-hetero) is 1. The maximum Gasteiger partial charge on any atom is 0.176 e. The minimum Gasteiger partial charge on any atom is -1.00 e. The van der Waals surface area contributed by atoms with Crippen LogP contribution in [0.2, 0.25) is 10.0 Å². The molecule has 1 aromatic carbocycles. The monoisotopic (exact) mass is 452 g/mol. The Bertz CT molecular complexity index is 1040. The molecule has 0 aliphatic rings. The summed E-state index contributed by atoms with van der Waals surface area (Å²) in [4.78, 5) is 12.3. The molecule has 0 amide bonds. The van der Waals surface area contributed by atoms with Crippen LogP contribution >= 0.6 is 23.2 Å². The van der Waals surface area contributed by atoms with Crippen molar-refractivity contribution in [2.45, 2.75) is 33.2 Å². The molecule has 0 N–H and O–H groups in total. The van der Waals surface area contributed by atoms with Crippen molar-refractivity contribution in [2.75, 3.05) is 20.6 Å². The Hall–Kier alpha value is -1.52. The van der Waals surface area contributed by atoms with Gasteiger partial charge in [0.2, 0.25) is 0 Å². The number of fused-ring (bicyclic) bond motifs is 1. The van der Waals surface area contributed by atoms with Crippen LogP contribution in [0.4, 0.5) is 0 Å². The van der Waals surface area contributed by atoms with E-state index in [0.29, 0.717) is 10.0 Å². The molecule has 0 bridgehead atoms. The van der Waals surface area contributed by atoms with Crippen LogP contribution in [0.3, 0.4) is 0 Å². The summed E-state index contributed by atoms with van der Waals surface area (Å²) >= 11 is 12.4. The molecule has 0 radical (unpaired) electrons. The van der Waals surface area contributed by atoms with E-state index in [1.807, 2.05) is 34.9 Å². The van der Waals surface area contributed by atoms with Crippen molar-refractivity contribution < 1.29 is 21.7 Å². The van der Waals surface area contributed by atoms with E-state index >= 15 is 0 Å². The minimum absolute atomic E-state index is 0. The topological polar surface area (TPSA) is 21.5 Å². The average molecular weight is 454 g/mol. The molecule has 3 rings (SSSR count). The van der Waals surface area contributed by atoms with Crippen LogP contribution in [0.15, 0.2) is 42.6 Å². The molecule has 0 saturated heterocycles. The second-order valence-electron chi connectivity index (χ2n) is 8.31. The molecule has 2 heterocycles. The van der Waals surface area contributed by atoms with Gasteiger partial charge in [-0.25, -0.2) is 0 Å². The van der Waals surface area contributed by atoms with Gasteiger partial charge < -0.3 is 21.3 Å². The van der Waals surface area contributed by atoms with Crippen LogP contribution in [0.25, 0.3) is 5.52 Å². The molecule has 156 valence electrons. The number of pyridine rings is 1. The first-order chi connectivity index (χ1) is 13.1. The molecular weight excluding hydrogens is 427 g/mol. The summed E-state index contributed by atoms with van der Waals surface area (Å²) in [7, 11) is 4.42. The maximum atomic E-state index is 12.3. The van der Waals surface area contributed by atoms with E-state index in [9.17, 15) is 4.79 Å². The SMILES string of the molecule is CC(=O)c1c(C)c(C(C)C[N+](C)(C)Cc2ccc(Cl)cc2Cl)c2ccccn12.[Cl-]. The summed E-state index contributed by atoms with van der Waals surface area (Å²) in [5.41, 5.74) is 5.31. The van der Waals surface area contributed by atoms with Crippen molar-refractivity contribution in [3.63, 3.8) is 0 Å². The van der Waals surface area contributed by atoms with E-state index in [2.05, 4.69) is 34.0 Å². The van der Waals surface area contributed by atoms with Crippen LogP contribution in [0, 0.1) is 6.92 Å². The van der Waals surface area contributed by atoms with Crippen molar-refractivity contribution in [3.05, 3.63) is 75.0 Å². The first kappa shape index (κ1) is 23.8. The van der Waals surface area contributed by atoms with Gasteiger partial charge in [-0.15, -0.1) is 0 Å². The highest BCUT2D eigenvalue weighted by Gasteiger charge is 2.27. The summed E-state index contributed by atoms with van der Waals surface area (Å²) in [6.07, 6.45) is 1.97. The van der Waals surface area contributed by atoms with Crippen LogP contribution in [0.5, 0.6) is 0 Å². The fraction of sp³-hybridized carbons (Fsp3) is 0.348. The second-order valence-corrected chi connectivity index (χ2v) is 9.16. The fourth-order valence-electron chi connectivity index (χ4n) is 4.42. The number of carbonyl (C=O) groups excluding carboxylic acids is 1. The quantitative estimate of drug-likeness (QED) is 0.415. The van der Waals surface area contributed by atoms with Crippen molar-refractivity contribution in [2.24, 2.45) is 0 Å². The van der Waals surface area contributed by atoms with Gasteiger partial charge in [-0.3, -0.25) is 4.79 Å². The van der Waals surface area contributed by atoms with Gasteiger partial charge >= 0.3 is 0 Å². The number of halogens is 3. The Balaban J connectivity index is 0.00000300. The lowest BCUT2D eigenvalue weighted by atomic mass is 9.95. The summed E-state index contributed by atoms with van der Waals surface area (Å²) in [6.45, 7) is 7.67. The number of quaternary nitrogens is 1. The molecule has 0 aliphatic carbocycles. The number of aromatic nitrogens is 1. The van der Waals surface area contributed by atoms with Crippen LogP contribution in [0.1, 0.15) is 46.9 Å². The molecule has 0 spiro atoms. The molecule has 0 aliphatic heterocycles. The number of likely N-dealkylation sites (N-methyl/N-ethyl adjacent to an activating group) is 1. The van der Waals surface area contributed by atoms with Gasteiger partial charge in [0.1, 0.15) is 6.54 Å². The van der Waals surface area contributed by atoms with Crippen molar-refractivity contribution >= 4 is 34.5 Å². The van der Waals surface area contributed by atoms with Gasteiger partial charge in [0.15, 0.2) is 5.78 Å². The van der Waals surface area contributed by atoms with E-state index < -0.39 is 0 Å². The number of benzene rings is 1. The average Bonchev–Trinajstić information content (AvgIpc) is 2.89. The molecule has 0 fully saturated rings. The Morgan fingerprint density at radius 1 is 1.17 bits per heavy atom. The first-order valence-electron chi connectivity index (χ1n) is 9.47. The molecule has 0 saturated carbocycles. The molecule has 1 atom stereocenters. The maximum absolute atomic E-state index is 12.3. The molecule has 3 nitrogen and oxygen atoms in total. The standard InChI is InChI=1S/C23H27Cl2N2O.ClH/c1-15(13-27(4,5)14-18-9-10-19(24)12-20(18)25)22-16(2)23(17(3)28)26-11-7-6-8-21(22)26;/h6-12,15H,13-14H2,1-5H3;1H/q+1;/p-1. The zero-order chi connectivity index (χ0) is 20.6. The summed E-state index contributed by atoms with van der Waals surface area (Å²) < 4.78 is 2.81. The lowest BCUT2D eigenvalue weighted by Crippen LogP contribution is -3.00. The van der Waals surface area contributed by atoms with Crippen LogP contribution in [-0.2, 0) is 6.54 Å². The number of ketones is 1. The Morgan fingerprint density at radius 2 is 1.86 bits per heavy atom. The lowest BCUT2D eigenvalue weighted by molar-refractivity contribution is -0.904. The normalized spacial score (nSPS) is 12.7. The van der Waals surface area contributed by atoms with Gasteiger partial charge in [-0.2, -0.15) is 0 Å².